The number of hydrogen-bond donors (Lipinski definition) is 0. The molecule has 0 N–H and O–H groups in total. The van der Waals surface area contributed by atoms with Crippen LogP contribution in [0.1, 0.15) is 20.8 Å². The predicted octanol–water partition coefficient (Wildman–Crippen LogP) is 2.15. The summed E-state index contributed by atoms with van der Waals surface area (Å²) in [5.74, 6) is 7.46. The lowest BCUT2D eigenvalue weighted by Gasteiger charge is -2.26. The van der Waals surface area contributed by atoms with Crippen LogP contribution in [0.5, 0.6) is 0 Å². The Hall–Kier alpha value is -1.20. The number of ether oxygens (including phenoxy) is 1. The van der Waals surface area contributed by atoms with Gasteiger partial charge in [-0.1, -0.05) is 24.8 Å². The largest absolute Gasteiger partial charge is 0.477 e. The standard InChI is InChI=1S/C13H17NO/c1-4-14-9-11-5-7-13(2,3)8-6-12(11)15-10-14/h6,8H,4,9-10H2,1-3H3. The number of nitrogens with zero attached hydrogens (tertiary/aromatic N) is 1. The fraction of sp³-hybridized carbons (Fsp3) is 0.538. The summed E-state index contributed by atoms with van der Waals surface area (Å²) in [7, 11) is 0. The third kappa shape index (κ3) is 2.24. The smallest absolute Gasteiger partial charge is 0.142 e. The van der Waals surface area contributed by atoms with Crippen molar-refractivity contribution in [2.75, 3.05) is 19.8 Å². The highest BCUT2D eigenvalue weighted by atomic mass is 16.5. The van der Waals surface area contributed by atoms with Crippen molar-refractivity contribution in [3.8, 4) is 11.8 Å². The van der Waals surface area contributed by atoms with Gasteiger partial charge in [0.15, 0.2) is 0 Å². The molecule has 80 valence electrons. The summed E-state index contributed by atoms with van der Waals surface area (Å²) in [4.78, 5) is 2.24. The number of rotatable bonds is 1. The maximum atomic E-state index is 5.67. The van der Waals surface area contributed by atoms with Gasteiger partial charge in [-0.2, -0.15) is 0 Å². The zero-order valence-corrected chi connectivity index (χ0v) is 9.63. The molecule has 0 aromatic heterocycles. The van der Waals surface area contributed by atoms with Gasteiger partial charge in [0.25, 0.3) is 0 Å². The van der Waals surface area contributed by atoms with E-state index in [1.165, 1.54) is 0 Å². The van der Waals surface area contributed by atoms with E-state index in [2.05, 4.69) is 49.7 Å². The summed E-state index contributed by atoms with van der Waals surface area (Å²) in [6.07, 6.45) is 4.17. The van der Waals surface area contributed by atoms with Crippen molar-refractivity contribution < 1.29 is 4.74 Å². The third-order valence-electron chi connectivity index (χ3n) is 2.72. The molecular formula is C13H17NO. The molecule has 1 heterocycles. The maximum absolute atomic E-state index is 5.67. The maximum Gasteiger partial charge on any atom is 0.142 e. The molecule has 0 amide bonds. The number of allylic oxidation sites excluding steroid dienone is 2. The Balaban J connectivity index is 2.27. The SMILES string of the molecule is CCN1COC2=C(C#CC(C)(C)C=C2)C1. The molecule has 1 aliphatic heterocycles. The molecule has 2 aliphatic rings. The van der Waals surface area contributed by atoms with E-state index in [0.717, 1.165) is 24.4 Å². The molecule has 0 saturated carbocycles. The zero-order chi connectivity index (χ0) is 10.9. The van der Waals surface area contributed by atoms with Gasteiger partial charge in [0, 0.05) is 12.0 Å². The molecule has 0 spiro atoms. The van der Waals surface area contributed by atoms with Crippen LogP contribution >= 0.6 is 0 Å². The van der Waals surface area contributed by atoms with E-state index >= 15 is 0 Å². The average molecular weight is 203 g/mol. The van der Waals surface area contributed by atoms with Gasteiger partial charge < -0.3 is 4.74 Å². The molecule has 15 heavy (non-hydrogen) atoms. The molecule has 0 saturated heterocycles. The molecule has 0 atom stereocenters. The Morgan fingerprint density at radius 3 is 3.07 bits per heavy atom. The topological polar surface area (TPSA) is 12.5 Å². The Labute approximate surface area is 91.6 Å². The van der Waals surface area contributed by atoms with E-state index in [1.807, 2.05) is 0 Å². The van der Waals surface area contributed by atoms with Crippen LogP contribution in [0.3, 0.4) is 0 Å². The Kier molecular flexibility index (Phi) is 2.58. The molecule has 0 aromatic rings. The Bertz CT molecular complexity index is 379. The minimum absolute atomic E-state index is 0.0439. The number of hydrogen-bond acceptors (Lipinski definition) is 2. The van der Waals surface area contributed by atoms with Crippen molar-refractivity contribution in [1.82, 2.24) is 4.90 Å². The van der Waals surface area contributed by atoms with Crippen LogP contribution in [0.4, 0.5) is 0 Å². The van der Waals surface area contributed by atoms with E-state index in [9.17, 15) is 0 Å². The summed E-state index contributed by atoms with van der Waals surface area (Å²) in [5.41, 5.74) is 1.07. The Morgan fingerprint density at radius 2 is 2.33 bits per heavy atom. The fourth-order valence-electron chi connectivity index (χ4n) is 1.61. The van der Waals surface area contributed by atoms with Crippen molar-refractivity contribution in [2.24, 2.45) is 5.41 Å². The van der Waals surface area contributed by atoms with Crippen LogP contribution < -0.4 is 0 Å². The summed E-state index contributed by atoms with van der Waals surface area (Å²) in [5, 5.41) is 0. The molecule has 0 unspecified atom stereocenters. The van der Waals surface area contributed by atoms with Crippen LogP contribution in [-0.4, -0.2) is 24.7 Å². The quantitative estimate of drug-likeness (QED) is 0.605. The van der Waals surface area contributed by atoms with E-state index in [0.29, 0.717) is 6.73 Å². The molecular weight excluding hydrogens is 186 g/mol. The van der Waals surface area contributed by atoms with Crippen LogP contribution in [0.25, 0.3) is 0 Å². The Morgan fingerprint density at radius 1 is 1.53 bits per heavy atom. The van der Waals surface area contributed by atoms with Crippen molar-refractivity contribution in [1.29, 1.82) is 0 Å². The minimum Gasteiger partial charge on any atom is -0.477 e. The van der Waals surface area contributed by atoms with Gasteiger partial charge in [-0.05, 0) is 26.5 Å². The molecule has 1 aliphatic carbocycles. The monoisotopic (exact) mass is 203 g/mol. The summed E-state index contributed by atoms with van der Waals surface area (Å²) < 4.78 is 5.67. The van der Waals surface area contributed by atoms with Crippen molar-refractivity contribution in [3.05, 3.63) is 23.5 Å². The van der Waals surface area contributed by atoms with E-state index in [1.54, 1.807) is 0 Å². The first kappa shape index (κ1) is 10.3. The van der Waals surface area contributed by atoms with E-state index in [4.69, 9.17) is 4.74 Å². The van der Waals surface area contributed by atoms with Crippen LogP contribution in [0, 0.1) is 17.3 Å². The second-order valence-electron chi connectivity index (χ2n) is 4.57. The second kappa shape index (κ2) is 3.75. The van der Waals surface area contributed by atoms with Crippen LogP contribution in [0.2, 0.25) is 0 Å². The van der Waals surface area contributed by atoms with Gasteiger partial charge in [0.1, 0.15) is 12.5 Å². The molecule has 0 radical (unpaired) electrons. The summed E-state index contributed by atoms with van der Waals surface area (Å²) >= 11 is 0. The summed E-state index contributed by atoms with van der Waals surface area (Å²) in [6.45, 7) is 8.98. The van der Waals surface area contributed by atoms with Gasteiger partial charge in [-0.3, -0.25) is 4.90 Å². The molecule has 0 aromatic carbocycles. The van der Waals surface area contributed by atoms with Gasteiger partial charge in [-0.25, -0.2) is 0 Å². The van der Waals surface area contributed by atoms with Gasteiger partial charge in [0.2, 0.25) is 0 Å². The lowest BCUT2D eigenvalue weighted by Crippen LogP contribution is -2.32. The third-order valence-corrected chi connectivity index (χ3v) is 2.72. The van der Waals surface area contributed by atoms with Crippen LogP contribution in [-0.2, 0) is 4.74 Å². The van der Waals surface area contributed by atoms with Gasteiger partial charge in [0.05, 0.1) is 5.57 Å². The first-order valence-electron chi connectivity index (χ1n) is 5.41. The van der Waals surface area contributed by atoms with Gasteiger partial charge in [-0.15, -0.1) is 0 Å². The fourth-order valence-corrected chi connectivity index (χ4v) is 1.61. The van der Waals surface area contributed by atoms with Crippen molar-refractivity contribution in [3.63, 3.8) is 0 Å². The molecule has 0 bridgehead atoms. The molecule has 2 nitrogen and oxygen atoms in total. The zero-order valence-electron chi connectivity index (χ0n) is 9.63. The highest BCUT2D eigenvalue weighted by Gasteiger charge is 2.20. The van der Waals surface area contributed by atoms with Gasteiger partial charge >= 0.3 is 0 Å². The second-order valence-corrected chi connectivity index (χ2v) is 4.57. The van der Waals surface area contributed by atoms with Crippen molar-refractivity contribution >= 4 is 0 Å². The highest BCUT2D eigenvalue weighted by Crippen LogP contribution is 2.24. The normalized spacial score (nSPS) is 23.7. The van der Waals surface area contributed by atoms with Crippen molar-refractivity contribution in [2.45, 2.75) is 20.8 Å². The lowest BCUT2D eigenvalue weighted by molar-refractivity contribution is 0.0694. The highest BCUT2D eigenvalue weighted by molar-refractivity contribution is 5.43. The van der Waals surface area contributed by atoms with E-state index < -0.39 is 0 Å². The predicted molar refractivity (Wildman–Crippen MR) is 60.9 cm³/mol. The van der Waals surface area contributed by atoms with Crippen LogP contribution in [0.15, 0.2) is 23.5 Å². The minimum atomic E-state index is -0.0439. The van der Waals surface area contributed by atoms with E-state index in [-0.39, 0.29) is 5.41 Å². The lowest BCUT2D eigenvalue weighted by atomic mass is 9.94. The molecule has 0 fully saturated rings. The number of likely N-dealkylation sites (N-methyl/N-ethyl adjacent to an activating group) is 1. The average Bonchev–Trinajstić information content (AvgIpc) is 2.38. The summed E-state index contributed by atoms with van der Waals surface area (Å²) in [6, 6.07) is 0. The first-order chi connectivity index (χ1) is 7.11. The molecule has 2 rings (SSSR count). The first-order valence-corrected chi connectivity index (χ1v) is 5.41. The molecule has 2 heteroatoms.